The Morgan fingerprint density at radius 3 is 2.57 bits per heavy atom. The molecule has 1 aromatic carbocycles. The van der Waals surface area contributed by atoms with Crippen LogP contribution in [0.15, 0.2) is 36.4 Å². The zero-order chi connectivity index (χ0) is 19.5. The maximum absolute atomic E-state index is 11.9. The third kappa shape index (κ3) is 2.55. The molecule has 1 amide bonds. The number of benzene rings is 1. The molecule has 28 heavy (non-hydrogen) atoms. The second-order valence-corrected chi connectivity index (χ2v) is 10.3. The Kier molecular flexibility index (Phi) is 4.24. The van der Waals surface area contributed by atoms with Crippen LogP contribution in [0.3, 0.4) is 0 Å². The third-order valence-electron chi connectivity index (χ3n) is 9.25. The van der Waals surface area contributed by atoms with E-state index in [-0.39, 0.29) is 17.9 Å². The third-order valence-corrected chi connectivity index (χ3v) is 9.25. The van der Waals surface area contributed by atoms with E-state index < -0.39 is 0 Å². The van der Waals surface area contributed by atoms with Crippen LogP contribution < -0.4 is 5.32 Å². The van der Waals surface area contributed by atoms with Crippen molar-refractivity contribution in [2.45, 2.75) is 70.9 Å². The minimum Gasteiger partial charge on any atom is -0.392 e. The highest BCUT2D eigenvalue weighted by Gasteiger charge is 2.59. The smallest absolute Gasteiger partial charge is 0.243 e. The quantitative estimate of drug-likeness (QED) is 0.791. The molecule has 3 heteroatoms. The van der Waals surface area contributed by atoms with Gasteiger partial charge in [0.15, 0.2) is 0 Å². The first-order valence-corrected chi connectivity index (χ1v) is 11.1. The number of hydrogen-bond donors (Lipinski definition) is 2. The van der Waals surface area contributed by atoms with E-state index in [1.54, 1.807) is 6.08 Å². The summed E-state index contributed by atoms with van der Waals surface area (Å²) >= 11 is 0. The van der Waals surface area contributed by atoms with Gasteiger partial charge in [0.2, 0.25) is 5.91 Å². The predicted octanol–water partition coefficient (Wildman–Crippen LogP) is 4.56. The number of fused-ring (bicyclic) bond motifs is 5. The van der Waals surface area contributed by atoms with Crippen LogP contribution in [-0.4, -0.2) is 17.1 Å². The highest BCUT2D eigenvalue weighted by atomic mass is 16.3. The van der Waals surface area contributed by atoms with E-state index in [2.05, 4.69) is 49.5 Å². The van der Waals surface area contributed by atoms with Gasteiger partial charge in [-0.1, -0.05) is 44.2 Å². The molecule has 4 aliphatic rings. The predicted molar refractivity (Wildman–Crippen MR) is 111 cm³/mol. The normalized spacial score (nSPS) is 44.4. The molecule has 0 aromatic heterocycles. The van der Waals surface area contributed by atoms with Gasteiger partial charge in [0, 0.05) is 11.5 Å². The van der Waals surface area contributed by atoms with Gasteiger partial charge in [-0.05, 0) is 84.8 Å². The molecule has 3 fully saturated rings. The Hall–Kier alpha value is -1.61. The molecule has 0 radical (unpaired) electrons. The molecule has 3 nitrogen and oxygen atoms in total. The first kappa shape index (κ1) is 18.4. The summed E-state index contributed by atoms with van der Waals surface area (Å²) in [7, 11) is 0. The number of carbonyl (C=O) groups excluding carboxylic acids is 1. The van der Waals surface area contributed by atoms with Crippen LogP contribution in [0.25, 0.3) is 0 Å². The first-order valence-electron chi connectivity index (χ1n) is 11.1. The molecule has 3 saturated carbocycles. The van der Waals surface area contributed by atoms with Gasteiger partial charge in [0.25, 0.3) is 0 Å². The second kappa shape index (κ2) is 6.45. The molecule has 1 aliphatic heterocycles. The first-order chi connectivity index (χ1) is 13.5. The Bertz CT molecular complexity index is 799. The lowest BCUT2D eigenvalue weighted by Crippen LogP contribution is -2.59. The molecule has 2 N–H and O–H groups in total. The number of carbonyl (C=O) groups is 1. The molecular weight excluding hydrogens is 346 g/mol. The van der Waals surface area contributed by atoms with Gasteiger partial charge in [-0.15, -0.1) is 0 Å². The zero-order valence-electron chi connectivity index (χ0n) is 17.2. The van der Waals surface area contributed by atoms with Crippen LogP contribution in [0.5, 0.6) is 0 Å². The molecule has 0 bridgehead atoms. The number of aliphatic hydroxyl groups excluding tert-OH is 1. The van der Waals surface area contributed by atoms with Gasteiger partial charge < -0.3 is 10.4 Å². The van der Waals surface area contributed by atoms with Crippen molar-refractivity contribution in [1.82, 2.24) is 5.32 Å². The molecule has 5 rings (SSSR count). The summed E-state index contributed by atoms with van der Waals surface area (Å²) < 4.78 is 0. The van der Waals surface area contributed by atoms with Crippen LogP contribution in [0.2, 0.25) is 0 Å². The fraction of sp³-hybridized carbons (Fsp3) is 0.640. The number of nitrogens with one attached hydrogen (secondary N) is 1. The van der Waals surface area contributed by atoms with E-state index in [4.69, 9.17) is 0 Å². The highest BCUT2D eigenvalue weighted by molar-refractivity contribution is 5.89. The maximum atomic E-state index is 11.9. The molecule has 7 atom stereocenters. The SMILES string of the molecule is C[C@]12C=CC(=O)NC1CC[C@@H]1[C@H]2CC[C@]2(C)C(c3ccc(CO)cc3)CC[C@@H]12. The van der Waals surface area contributed by atoms with Crippen molar-refractivity contribution < 1.29 is 9.90 Å². The van der Waals surface area contributed by atoms with Gasteiger partial charge in [0.1, 0.15) is 0 Å². The fourth-order valence-corrected chi connectivity index (χ4v) is 7.74. The van der Waals surface area contributed by atoms with Crippen LogP contribution in [0, 0.1) is 28.6 Å². The summed E-state index contributed by atoms with van der Waals surface area (Å²) in [5, 5.41) is 12.6. The summed E-state index contributed by atoms with van der Waals surface area (Å²) in [6.07, 6.45) is 11.6. The van der Waals surface area contributed by atoms with Gasteiger partial charge in [-0.3, -0.25) is 4.79 Å². The number of aliphatic hydroxyl groups is 1. The van der Waals surface area contributed by atoms with Crippen molar-refractivity contribution in [1.29, 1.82) is 0 Å². The van der Waals surface area contributed by atoms with E-state index in [1.807, 2.05) is 0 Å². The molecule has 0 saturated heterocycles. The Morgan fingerprint density at radius 2 is 1.82 bits per heavy atom. The molecule has 2 unspecified atom stereocenters. The Balaban J connectivity index is 1.43. The van der Waals surface area contributed by atoms with Crippen molar-refractivity contribution in [2.24, 2.45) is 28.6 Å². The van der Waals surface area contributed by atoms with E-state index >= 15 is 0 Å². The van der Waals surface area contributed by atoms with Gasteiger partial charge in [-0.2, -0.15) is 0 Å². The highest BCUT2D eigenvalue weighted by Crippen LogP contribution is 2.66. The lowest BCUT2D eigenvalue weighted by atomic mass is 9.47. The minimum atomic E-state index is 0.0915. The molecule has 0 spiro atoms. The largest absolute Gasteiger partial charge is 0.392 e. The Morgan fingerprint density at radius 1 is 1.04 bits per heavy atom. The van der Waals surface area contributed by atoms with Crippen LogP contribution in [-0.2, 0) is 11.4 Å². The van der Waals surface area contributed by atoms with Crippen molar-refractivity contribution in [3.05, 3.63) is 47.5 Å². The van der Waals surface area contributed by atoms with Crippen molar-refractivity contribution in [2.75, 3.05) is 0 Å². The molecule has 1 heterocycles. The van der Waals surface area contributed by atoms with E-state index in [0.717, 1.165) is 23.8 Å². The van der Waals surface area contributed by atoms with E-state index in [9.17, 15) is 9.90 Å². The average molecular weight is 380 g/mol. The monoisotopic (exact) mass is 379 g/mol. The second-order valence-electron chi connectivity index (χ2n) is 10.3. The topological polar surface area (TPSA) is 49.3 Å². The van der Waals surface area contributed by atoms with Gasteiger partial charge in [-0.25, -0.2) is 0 Å². The molecule has 150 valence electrons. The van der Waals surface area contributed by atoms with Gasteiger partial charge in [0.05, 0.1) is 6.61 Å². The van der Waals surface area contributed by atoms with Crippen LogP contribution >= 0.6 is 0 Å². The van der Waals surface area contributed by atoms with Crippen molar-refractivity contribution >= 4 is 5.91 Å². The standard InChI is InChI=1S/C25H33NO2/c1-24-13-11-21-18(7-10-22-25(21,2)14-12-23(28)26-22)20(24)9-8-19(24)17-5-3-16(15-27)4-6-17/h3-6,12,14,18-22,27H,7-11,13,15H2,1-2H3,(H,26,28)/t18-,19?,20-,21+,22?,24+,25+/m0/s1. The van der Waals surface area contributed by atoms with E-state index in [1.165, 1.54) is 37.7 Å². The summed E-state index contributed by atoms with van der Waals surface area (Å²) in [6, 6.07) is 9.03. The van der Waals surface area contributed by atoms with Crippen molar-refractivity contribution in [3.8, 4) is 0 Å². The zero-order valence-corrected chi connectivity index (χ0v) is 17.2. The summed E-state index contributed by atoms with van der Waals surface area (Å²) in [5.41, 5.74) is 2.97. The molecule has 3 aliphatic carbocycles. The maximum Gasteiger partial charge on any atom is 0.243 e. The number of rotatable bonds is 2. The number of hydrogen-bond acceptors (Lipinski definition) is 2. The summed E-state index contributed by atoms with van der Waals surface area (Å²) in [5.74, 6) is 2.99. The number of amides is 1. The lowest BCUT2D eigenvalue weighted by Gasteiger charge is -2.59. The van der Waals surface area contributed by atoms with E-state index in [0.29, 0.717) is 23.3 Å². The molecular formula is C25H33NO2. The summed E-state index contributed by atoms with van der Waals surface area (Å²) in [6.45, 7) is 5.07. The van der Waals surface area contributed by atoms with Crippen LogP contribution in [0.4, 0.5) is 0 Å². The molecule has 1 aromatic rings. The van der Waals surface area contributed by atoms with Crippen LogP contribution in [0.1, 0.15) is 69.4 Å². The minimum absolute atomic E-state index is 0.0915. The Labute approximate surface area is 168 Å². The average Bonchev–Trinajstić information content (AvgIpc) is 3.06. The van der Waals surface area contributed by atoms with Gasteiger partial charge >= 0.3 is 0 Å². The lowest BCUT2D eigenvalue weighted by molar-refractivity contribution is -0.122. The summed E-state index contributed by atoms with van der Waals surface area (Å²) in [4.78, 5) is 11.9. The fourth-order valence-electron chi connectivity index (χ4n) is 7.74. The van der Waals surface area contributed by atoms with Crippen molar-refractivity contribution in [3.63, 3.8) is 0 Å².